The lowest BCUT2D eigenvalue weighted by Crippen LogP contribution is -1.82. The minimum absolute atomic E-state index is 0.560. The predicted molar refractivity (Wildman–Crippen MR) is 45.8 cm³/mol. The van der Waals surface area contributed by atoms with Crippen molar-refractivity contribution in [2.75, 3.05) is 5.21 Å². The van der Waals surface area contributed by atoms with Crippen LogP contribution in [0.2, 0.25) is 0 Å². The first-order valence-electron chi connectivity index (χ1n) is 2.60. The Morgan fingerprint density at radius 2 is 2.50 bits per heavy atom. The molecule has 1 aromatic heterocycles. The van der Waals surface area contributed by atoms with E-state index in [2.05, 4.69) is 15.2 Å². The molecule has 2 N–H and O–H groups in total. The van der Waals surface area contributed by atoms with Crippen molar-refractivity contribution in [1.82, 2.24) is 15.2 Å². The third kappa shape index (κ3) is 2.32. The highest BCUT2D eigenvalue weighted by atomic mass is 35.5. The highest BCUT2D eigenvalue weighted by Crippen LogP contribution is 2.07. The number of nitrogens with one attached hydrogen (secondary N) is 2. The lowest BCUT2D eigenvalue weighted by Gasteiger charge is -1.88. The van der Waals surface area contributed by atoms with Gasteiger partial charge in [0.15, 0.2) is 4.77 Å². The second kappa shape index (κ2) is 4.00. The molecule has 1 heterocycles. The highest BCUT2D eigenvalue weighted by Gasteiger charge is 1.93. The second-order valence-corrected chi connectivity index (χ2v) is 3.56. The minimum Gasteiger partial charge on any atom is -0.317 e. The summed E-state index contributed by atoms with van der Waals surface area (Å²) in [5, 5.41) is 7.10. The largest absolute Gasteiger partial charge is 0.317 e. The number of aromatic amines is 2. The van der Waals surface area contributed by atoms with E-state index in [1.165, 1.54) is 0 Å². The van der Waals surface area contributed by atoms with Crippen LogP contribution >= 0.6 is 35.6 Å². The molecule has 3 nitrogen and oxygen atoms in total. The number of hydrogen-bond acceptors (Lipinski definition) is 3. The van der Waals surface area contributed by atoms with Crippen molar-refractivity contribution in [1.29, 1.82) is 0 Å². The molecule has 0 aliphatic carbocycles. The number of nitrogens with zero attached hydrogens (tertiary/aromatic N) is 1. The summed E-state index contributed by atoms with van der Waals surface area (Å²) in [6.45, 7) is 0. The molecular formula is C4H6ClN3S2. The summed E-state index contributed by atoms with van der Waals surface area (Å²) in [5.74, 6) is 1.62. The SMILES string of the molecule is S=c1[nH]nc(CSCCl)[nH]1. The fourth-order valence-electron chi connectivity index (χ4n) is 0.509. The number of aromatic nitrogens is 3. The molecule has 1 aromatic rings. The van der Waals surface area contributed by atoms with Gasteiger partial charge in [-0.15, -0.1) is 23.4 Å². The van der Waals surface area contributed by atoms with E-state index in [1.54, 1.807) is 11.8 Å². The number of rotatable bonds is 3. The van der Waals surface area contributed by atoms with Crippen molar-refractivity contribution in [3.63, 3.8) is 0 Å². The molecule has 0 spiro atoms. The molecule has 1 rings (SSSR count). The zero-order chi connectivity index (χ0) is 7.40. The molecule has 0 saturated heterocycles. The molecule has 6 heteroatoms. The van der Waals surface area contributed by atoms with Crippen LogP contribution in [0.5, 0.6) is 0 Å². The molecule has 0 saturated carbocycles. The minimum atomic E-state index is 0.560. The molecule has 0 unspecified atom stereocenters. The topological polar surface area (TPSA) is 44.5 Å². The van der Waals surface area contributed by atoms with E-state index in [0.29, 0.717) is 9.98 Å². The first-order chi connectivity index (χ1) is 4.83. The maximum atomic E-state index is 5.44. The highest BCUT2D eigenvalue weighted by molar-refractivity contribution is 7.99. The lowest BCUT2D eigenvalue weighted by atomic mass is 10.7. The van der Waals surface area contributed by atoms with Gasteiger partial charge in [-0.2, -0.15) is 5.10 Å². The number of H-pyrrole nitrogens is 2. The van der Waals surface area contributed by atoms with Crippen molar-refractivity contribution < 1.29 is 0 Å². The van der Waals surface area contributed by atoms with E-state index >= 15 is 0 Å². The van der Waals surface area contributed by atoms with Crippen LogP contribution < -0.4 is 0 Å². The normalized spacial score (nSPS) is 10.1. The van der Waals surface area contributed by atoms with Gasteiger partial charge < -0.3 is 4.98 Å². The summed E-state index contributed by atoms with van der Waals surface area (Å²) in [5.41, 5.74) is 0. The van der Waals surface area contributed by atoms with Gasteiger partial charge in [-0.1, -0.05) is 0 Å². The van der Waals surface area contributed by atoms with Gasteiger partial charge in [0.1, 0.15) is 5.82 Å². The van der Waals surface area contributed by atoms with E-state index < -0.39 is 0 Å². The predicted octanol–water partition coefficient (Wildman–Crippen LogP) is 1.90. The first-order valence-corrected chi connectivity index (χ1v) is 4.70. The van der Waals surface area contributed by atoms with Gasteiger partial charge in [0.05, 0.1) is 11.0 Å². The standard InChI is InChI=1S/C4H6ClN3S2/c5-2-10-1-3-6-4(9)8-7-3/h1-2H2,(H2,6,7,8,9). The van der Waals surface area contributed by atoms with E-state index in [1.807, 2.05) is 0 Å². The van der Waals surface area contributed by atoms with E-state index in [4.69, 9.17) is 23.8 Å². The summed E-state index contributed by atoms with van der Waals surface area (Å²) in [4.78, 5) is 2.88. The Bertz CT molecular complexity index is 243. The quantitative estimate of drug-likeness (QED) is 0.572. The third-order valence-electron chi connectivity index (χ3n) is 0.866. The molecule has 0 amide bonds. The summed E-state index contributed by atoms with van der Waals surface area (Å²) in [6, 6.07) is 0. The number of halogens is 1. The number of thioether (sulfide) groups is 1. The van der Waals surface area contributed by atoms with Gasteiger partial charge in [0.2, 0.25) is 0 Å². The van der Waals surface area contributed by atoms with Crippen LogP contribution in [-0.2, 0) is 5.75 Å². The summed E-state index contributed by atoms with van der Waals surface area (Å²) >= 11 is 11.8. The van der Waals surface area contributed by atoms with Crippen molar-refractivity contribution in [2.24, 2.45) is 0 Å². The molecule has 10 heavy (non-hydrogen) atoms. The average molecular weight is 196 g/mol. The van der Waals surface area contributed by atoms with Gasteiger partial charge in [-0.3, -0.25) is 5.10 Å². The van der Waals surface area contributed by atoms with Crippen molar-refractivity contribution in [3.8, 4) is 0 Å². The van der Waals surface area contributed by atoms with Crippen LogP contribution in [0.3, 0.4) is 0 Å². The number of alkyl halides is 1. The summed E-state index contributed by atoms with van der Waals surface area (Å²) in [7, 11) is 0. The van der Waals surface area contributed by atoms with Gasteiger partial charge in [0, 0.05) is 0 Å². The van der Waals surface area contributed by atoms with Gasteiger partial charge >= 0.3 is 0 Å². The average Bonchev–Trinajstić information content (AvgIpc) is 2.31. The fourth-order valence-corrected chi connectivity index (χ4v) is 1.31. The van der Waals surface area contributed by atoms with Crippen LogP contribution in [0.1, 0.15) is 5.82 Å². The fraction of sp³-hybridized carbons (Fsp3) is 0.500. The van der Waals surface area contributed by atoms with Gasteiger partial charge in [-0.25, -0.2) is 0 Å². The molecule has 0 bridgehead atoms. The molecule has 0 atom stereocenters. The molecule has 0 fully saturated rings. The lowest BCUT2D eigenvalue weighted by molar-refractivity contribution is 1.02. The Labute approximate surface area is 72.6 Å². The van der Waals surface area contributed by atoms with Crippen LogP contribution in [0.4, 0.5) is 0 Å². The third-order valence-corrected chi connectivity index (χ3v) is 2.15. The molecular weight excluding hydrogens is 190 g/mol. The molecule has 0 aromatic carbocycles. The van der Waals surface area contributed by atoms with E-state index in [-0.39, 0.29) is 0 Å². The first kappa shape index (κ1) is 8.10. The van der Waals surface area contributed by atoms with Crippen LogP contribution in [-0.4, -0.2) is 20.4 Å². The van der Waals surface area contributed by atoms with Crippen molar-refractivity contribution >= 4 is 35.6 Å². The van der Waals surface area contributed by atoms with Crippen molar-refractivity contribution in [3.05, 3.63) is 10.6 Å². The monoisotopic (exact) mass is 195 g/mol. The Balaban J connectivity index is 2.50. The van der Waals surface area contributed by atoms with E-state index in [0.717, 1.165) is 11.6 Å². The second-order valence-electron chi connectivity index (χ2n) is 1.58. The maximum Gasteiger partial charge on any atom is 0.192 e. The molecule has 56 valence electrons. The molecule has 0 aliphatic heterocycles. The zero-order valence-electron chi connectivity index (χ0n) is 5.06. The smallest absolute Gasteiger partial charge is 0.192 e. The van der Waals surface area contributed by atoms with Crippen molar-refractivity contribution in [2.45, 2.75) is 5.75 Å². The zero-order valence-corrected chi connectivity index (χ0v) is 7.44. The van der Waals surface area contributed by atoms with Crippen LogP contribution in [0, 0.1) is 4.77 Å². The van der Waals surface area contributed by atoms with Crippen LogP contribution in [0.15, 0.2) is 0 Å². The Morgan fingerprint density at radius 3 is 3.00 bits per heavy atom. The Kier molecular flexibility index (Phi) is 3.24. The Morgan fingerprint density at radius 1 is 1.70 bits per heavy atom. The molecule has 0 aliphatic rings. The summed E-state index contributed by atoms with van der Waals surface area (Å²) < 4.78 is 0.560. The number of hydrogen-bond donors (Lipinski definition) is 2. The van der Waals surface area contributed by atoms with Gasteiger partial charge in [-0.05, 0) is 12.2 Å². The Hall–Kier alpha value is -0.000000000000000111. The van der Waals surface area contributed by atoms with Crippen LogP contribution in [0.25, 0.3) is 0 Å². The summed E-state index contributed by atoms with van der Waals surface area (Å²) in [6.07, 6.45) is 0. The van der Waals surface area contributed by atoms with Gasteiger partial charge in [0.25, 0.3) is 0 Å². The maximum absolute atomic E-state index is 5.44. The molecule has 0 radical (unpaired) electrons. The van der Waals surface area contributed by atoms with E-state index in [9.17, 15) is 0 Å².